The molecule has 0 saturated carbocycles. The third kappa shape index (κ3) is 67.9. The average Bonchev–Trinajstić information content (AvgIpc) is 3.47. The van der Waals surface area contributed by atoms with Crippen LogP contribution in [-0.4, -0.2) is 37.2 Å². The first-order valence-corrected chi connectivity index (χ1v) is 36.3. The minimum Gasteiger partial charge on any atom is -0.462 e. The number of esters is 3. The summed E-state index contributed by atoms with van der Waals surface area (Å²) in [6.45, 7) is 6.60. The van der Waals surface area contributed by atoms with Crippen LogP contribution in [0.4, 0.5) is 0 Å². The zero-order valence-corrected chi connectivity index (χ0v) is 55.0. The molecule has 0 aliphatic heterocycles. The zero-order valence-electron chi connectivity index (χ0n) is 55.0. The fraction of sp³-hybridized carbons (Fsp3) is 0.829. The summed E-state index contributed by atoms with van der Waals surface area (Å²) in [5, 5.41) is 0. The van der Waals surface area contributed by atoms with Gasteiger partial charge in [0, 0.05) is 19.3 Å². The molecule has 478 valence electrons. The van der Waals surface area contributed by atoms with Crippen molar-refractivity contribution in [2.75, 3.05) is 13.2 Å². The maximum atomic E-state index is 13.0. The van der Waals surface area contributed by atoms with Crippen molar-refractivity contribution in [1.82, 2.24) is 0 Å². The Kier molecular flexibility index (Phi) is 68.1. The zero-order chi connectivity index (χ0) is 59.2. The monoisotopic (exact) mass is 1150 g/mol. The molecule has 0 saturated heterocycles. The van der Waals surface area contributed by atoms with E-state index in [9.17, 15) is 14.4 Å². The smallest absolute Gasteiger partial charge is 0.306 e. The van der Waals surface area contributed by atoms with Crippen molar-refractivity contribution in [3.63, 3.8) is 0 Å². The number of carbonyl (C=O) groups is 3. The van der Waals surface area contributed by atoms with Crippen LogP contribution in [0.2, 0.25) is 0 Å². The summed E-state index contributed by atoms with van der Waals surface area (Å²) in [4.78, 5) is 38.5. The summed E-state index contributed by atoms with van der Waals surface area (Å²) in [6, 6.07) is 0. The van der Waals surface area contributed by atoms with Gasteiger partial charge in [-0.1, -0.05) is 345 Å². The SMILES string of the molecule is CC/C=C\C/C=C\C/C=C\C/C=C\CCCCCCCCCCCCCCC(=O)OCC(COC(=O)CCCCCCCCC/C=C\CCCCCCCCC)OC(=O)CCCCCCCCCCCCCCCCCCCCCCC. The van der Waals surface area contributed by atoms with Gasteiger partial charge in [0.05, 0.1) is 0 Å². The molecule has 0 heterocycles. The van der Waals surface area contributed by atoms with Gasteiger partial charge in [0.15, 0.2) is 6.10 Å². The molecule has 0 amide bonds. The molecule has 0 bridgehead atoms. The third-order valence-electron chi connectivity index (χ3n) is 16.3. The fourth-order valence-corrected chi connectivity index (χ4v) is 10.8. The molecule has 0 aliphatic carbocycles. The lowest BCUT2D eigenvalue weighted by Crippen LogP contribution is -2.30. The van der Waals surface area contributed by atoms with Crippen molar-refractivity contribution in [3.05, 3.63) is 60.8 Å². The highest BCUT2D eigenvalue weighted by Gasteiger charge is 2.19. The van der Waals surface area contributed by atoms with E-state index in [4.69, 9.17) is 14.2 Å². The van der Waals surface area contributed by atoms with Gasteiger partial charge in [-0.15, -0.1) is 0 Å². The number of rotatable bonds is 67. The summed E-state index contributed by atoms with van der Waals surface area (Å²) >= 11 is 0. The second-order valence-electron chi connectivity index (χ2n) is 24.5. The van der Waals surface area contributed by atoms with Crippen LogP contribution >= 0.6 is 0 Å². The minimum atomic E-state index is -0.776. The maximum absolute atomic E-state index is 13.0. The van der Waals surface area contributed by atoms with E-state index >= 15 is 0 Å². The predicted molar refractivity (Wildman–Crippen MR) is 358 cm³/mol. The van der Waals surface area contributed by atoms with Crippen LogP contribution in [0.5, 0.6) is 0 Å². The van der Waals surface area contributed by atoms with Crippen molar-refractivity contribution in [3.8, 4) is 0 Å². The lowest BCUT2D eigenvalue weighted by molar-refractivity contribution is -0.167. The molecule has 0 spiro atoms. The molecule has 1 atom stereocenters. The van der Waals surface area contributed by atoms with Gasteiger partial charge in [0.1, 0.15) is 13.2 Å². The second-order valence-corrected chi connectivity index (χ2v) is 24.5. The van der Waals surface area contributed by atoms with Crippen molar-refractivity contribution in [2.24, 2.45) is 0 Å². The Morgan fingerprint density at radius 2 is 0.476 bits per heavy atom. The second kappa shape index (κ2) is 70.6. The van der Waals surface area contributed by atoms with Gasteiger partial charge in [-0.05, 0) is 83.5 Å². The average molecular weight is 1150 g/mol. The summed E-state index contributed by atoms with van der Waals surface area (Å²) in [5.74, 6) is -0.849. The Balaban J connectivity index is 4.31. The van der Waals surface area contributed by atoms with Gasteiger partial charge in [-0.2, -0.15) is 0 Å². The van der Waals surface area contributed by atoms with Gasteiger partial charge in [0.2, 0.25) is 0 Å². The van der Waals surface area contributed by atoms with E-state index in [1.54, 1.807) is 0 Å². The number of ether oxygens (including phenoxy) is 3. The number of allylic oxidation sites excluding steroid dienone is 10. The number of unbranched alkanes of at least 4 members (excludes halogenated alkanes) is 46. The molecule has 0 aliphatic rings. The molecule has 0 rings (SSSR count). The molecule has 0 aromatic rings. The van der Waals surface area contributed by atoms with Gasteiger partial charge in [-0.3, -0.25) is 14.4 Å². The normalized spacial score (nSPS) is 12.4. The van der Waals surface area contributed by atoms with E-state index in [2.05, 4.69) is 81.5 Å². The van der Waals surface area contributed by atoms with Crippen molar-refractivity contribution >= 4 is 17.9 Å². The van der Waals surface area contributed by atoms with Gasteiger partial charge in [0.25, 0.3) is 0 Å². The molecular formula is C76H138O6. The van der Waals surface area contributed by atoms with Crippen LogP contribution in [0.1, 0.15) is 387 Å². The van der Waals surface area contributed by atoms with Crippen LogP contribution in [-0.2, 0) is 28.6 Å². The van der Waals surface area contributed by atoms with Crippen LogP contribution in [0.25, 0.3) is 0 Å². The maximum Gasteiger partial charge on any atom is 0.306 e. The van der Waals surface area contributed by atoms with Crippen molar-refractivity contribution < 1.29 is 28.6 Å². The first kappa shape index (κ1) is 79.1. The number of hydrogen-bond acceptors (Lipinski definition) is 6. The van der Waals surface area contributed by atoms with E-state index < -0.39 is 6.10 Å². The van der Waals surface area contributed by atoms with E-state index in [-0.39, 0.29) is 31.1 Å². The molecule has 6 heteroatoms. The molecule has 0 N–H and O–H groups in total. The summed E-state index contributed by atoms with van der Waals surface area (Å²) < 4.78 is 17.0. The Labute approximate surface area is 510 Å². The Morgan fingerprint density at radius 1 is 0.256 bits per heavy atom. The minimum absolute atomic E-state index is 0.0720. The molecular weight excluding hydrogens is 1010 g/mol. The Bertz CT molecular complexity index is 1460. The van der Waals surface area contributed by atoms with E-state index in [0.717, 1.165) is 83.5 Å². The predicted octanol–water partition coefficient (Wildman–Crippen LogP) is 25.1. The summed E-state index contributed by atoms with van der Waals surface area (Å²) in [5.41, 5.74) is 0. The van der Waals surface area contributed by atoms with Gasteiger partial charge < -0.3 is 14.2 Å². The van der Waals surface area contributed by atoms with E-state index in [1.165, 1.54) is 263 Å². The Hall–Kier alpha value is -2.89. The highest BCUT2D eigenvalue weighted by molar-refractivity contribution is 5.71. The van der Waals surface area contributed by atoms with Crippen molar-refractivity contribution in [2.45, 2.75) is 393 Å². The molecule has 0 fully saturated rings. The summed E-state index contributed by atoms with van der Waals surface area (Å²) in [6.07, 6.45) is 91.0. The highest BCUT2D eigenvalue weighted by Crippen LogP contribution is 2.18. The largest absolute Gasteiger partial charge is 0.462 e. The Morgan fingerprint density at radius 3 is 0.756 bits per heavy atom. The van der Waals surface area contributed by atoms with Crippen LogP contribution in [0, 0.1) is 0 Å². The van der Waals surface area contributed by atoms with Crippen LogP contribution in [0.15, 0.2) is 60.8 Å². The van der Waals surface area contributed by atoms with E-state index in [1.807, 2.05) is 0 Å². The van der Waals surface area contributed by atoms with Crippen LogP contribution < -0.4 is 0 Å². The fourth-order valence-electron chi connectivity index (χ4n) is 10.8. The summed E-state index contributed by atoms with van der Waals surface area (Å²) in [7, 11) is 0. The van der Waals surface area contributed by atoms with Gasteiger partial charge >= 0.3 is 17.9 Å². The first-order chi connectivity index (χ1) is 40.5. The van der Waals surface area contributed by atoms with E-state index in [0.29, 0.717) is 19.3 Å². The molecule has 0 radical (unpaired) electrons. The quantitative estimate of drug-likeness (QED) is 0.0261. The first-order valence-electron chi connectivity index (χ1n) is 36.3. The highest BCUT2D eigenvalue weighted by atomic mass is 16.6. The third-order valence-corrected chi connectivity index (χ3v) is 16.3. The lowest BCUT2D eigenvalue weighted by atomic mass is 10.0. The molecule has 1 unspecified atom stereocenters. The lowest BCUT2D eigenvalue weighted by Gasteiger charge is -2.18. The molecule has 0 aromatic heterocycles. The topological polar surface area (TPSA) is 78.9 Å². The standard InChI is InChI=1S/C76H138O6/c1-4-7-10-13-16-19-22-25-28-31-34-36-37-38-39-41-42-45-48-51-54-57-60-63-66-69-75(78)81-72-73(71-80-74(77)68-65-62-59-56-53-50-47-44-33-30-27-24-21-18-15-12-9-6-3)82-76(79)70-67-64-61-58-55-52-49-46-43-40-35-32-29-26-23-20-17-14-11-8-5-2/h7,10,16,19,25,28,30,33-34,36,73H,4-6,8-9,11-15,17-18,20-24,26-27,29,31-32,35,37-72H2,1-3H3/b10-7-,19-16-,28-25-,33-30-,36-34-. The van der Waals surface area contributed by atoms with Gasteiger partial charge in [-0.25, -0.2) is 0 Å². The van der Waals surface area contributed by atoms with Crippen LogP contribution in [0.3, 0.4) is 0 Å². The molecule has 82 heavy (non-hydrogen) atoms. The molecule has 6 nitrogen and oxygen atoms in total. The number of hydrogen-bond donors (Lipinski definition) is 0. The van der Waals surface area contributed by atoms with Crippen molar-refractivity contribution in [1.29, 1.82) is 0 Å². The number of carbonyl (C=O) groups excluding carboxylic acids is 3. The molecule has 0 aromatic carbocycles.